The van der Waals surface area contributed by atoms with Crippen molar-refractivity contribution in [2.45, 2.75) is 50.7 Å². The minimum atomic E-state index is -0.175. The first-order chi connectivity index (χ1) is 11.7. The second-order valence-corrected chi connectivity index (χ2v) is 7.07. The number of likely N-dealkylation sites (tertiary alicyclic amines) is 1. The molecule has 3 aliphatic heterocycles. The Morgan fingerprint density at radius 3 is 2.46 bits per heavy atom. The van der Waals surface area contributed by atoms with Crippen molar-refractivity contribution in [1.82, 2.24) is 19.7 Å². The summed E-state index contributed by atoms with van der Waals surface area (Å²) in [5.41, 5.74) is 1.26. The van der Waals surface area contributed by atoms with E-state index in [1.165, 1.54) is 5.56 Å². The summed E-state index contributed by atoms with van der Waals surface area (Å²) in [4.78, 5) is 35.0. The van der Waals surface area contributed by atoms with Crippen molar-refractivity contribution < 1.29 is 9.59 Å². The Labute approximate surface area is 142 Å². The number of nitrogens with zero attached hydrogens (tertiary/aromatic N) is 4. The molecule has 1 aromatic rings. The molecule has 3 aliphatic rings. The van der Waals surface area contributed by atoms with Crippen LogP contribution in [0.1, 0.15) is 44.2 Å². The number of rotatable bonds is 3. The molecule has 3 saturated heterocycles. The molecule has 6 heteroatoms. The minimum Gasteiger partial charge on any atom is -0.312 e. The summed E-state index contributed by atoms with van der Waals surface area (Å²) < 4.78 is 0. The number of hydrogen-bond acceptors (Lipinski definition) is 4. The Hall–Kier alpha value is -1.95. The minimum absolute atomic E-state index is 0.0399. The highest BCUT2D eigenvalue weighted by molar-refractivity contribution is 6.04. The first-order valence-electron chi connectivity index (χ1n) is 8.94. The van der Waals surface area contributed by atoms with Crippen molar-refractivity contribution in [1.29, 1.82) is 0 Å². The molecule has 0 bridgehead atoms. The number of imide groups is 1. The number of hydrogen-bond donors (Lipinski definition) is 0. The number of carbonyl (C=O) groups excluding carboxylic acids is 2. The summed E-state index contributed by atoms with van der Waals surface area (Å²) >= 11 is 0. The van der Waals surface area contributed by atoms with E-state index in [4.69, 9.17) is 0 Å². The van der Waals surface area contributed by atoms with Crippen molar-refractivity contribution in [3.63, 3.8) is 0 Å². The van der Waals surface area contributed by atoms with Crippen LogP contribution in [0.2, 0.25) is 0 Å². The van der Waals surface area contributed by atoms with E-state index in [9.17, 15) is 9.59 Å². The molecule has 24 heavy (non-hydrogen) atoms. The van der Waals surface area contributed by atoms with Gasteiger partial charge in [0.2, 0.25) is 0 Å². The van der Waals surface area contributed by atoms with Gasteiger partial charge < -0.3 is 4.90 Å². The SMILES string of the molecule is C[C@@H](c1ccncc1)N1CCC(N2C(=O)[C@H]3CCCN3C2=O)CC1. The number of urea groups is 1. The molecule has 128 valence electrons. The van der Waals surface area contributed by atoms with E-state index in [0.717, 1.165) is 45.3 Å². The van der Waals surface area contributed by atoms with Gasteiger partial charge in [-0.2, -0.15) is 0 Å². The lowest BCUT2D eigenvalue weighted by Gasteiger charge is -2.38. The fraction of sp³-hybridized carbons (Fsp3) is 0.611. The van der Waals surface area contributed by atoms with E-state index < -0.39 is 0 Å². The number of pyridine rings is 1. The third kappa shape index (κ3) is 2.49. The largest absolute Gasteiger partial charge is 0.327 e. The summed E-state index contributed by atoms with van der Waals surface area (Å²) in [6.45, 7) is 4.77. The van der Waals surface area contributed by atoms with Gasteiger partial charge in [0.15, 0.2) is 0 Å². The Kier molecular flexibility index (Phi) is 4.00. The number of piperidine rings is 1. The van der Waals surface area contributed by atoms with Gasteiger partial charge in [-0.3, -0.25) is 19.6 Å². The molecule has 0 unspecified atom stereocenters. The van der Waals surface area contributed by atoms with Crippen LogP contribution in [0.15, 0.2) is 24.5 Å². The zero-order chi connectivity index (χ0) is 16.7. The maximum atomic E-state index is 12.6. The molecule has 2 atom stereocenters. The van der Waals surface area contributed by atoms with Gasteiger partial charge in [0.25, 0.3) is 5.91 Å². The third-order valence-corrected chi connectivity index (χ3v) is 5.83. The number of carbonyl (C=O) groups is 2. The van der Waals surface area contributed by atoms with E-state index in [1.54, 1.807) is 9.80 Å². The first kappa shape index (κ1) is 15.6. The van der Waals surface area contributed by atoms with Crippen LogP contribution in [-0.2, 0) is 4.79 Å². The van der Waals surface area contributed by atoms with E-state index in [2.05, 4.69) is 28.9 Å². The molecule has 0 N–H and O–H groups in total. The average Bonchev–Trinajstić information content (AvgIpc) is 3.20. The highest BCUT2D eigenvalue weighted by Crippen LogP contribution is 2.32. The molecule has 6 nitrogen and oxygen atoms in total. The van der Waals surface area contributed by atoms with Gasteiger partial charge in [0.05, 0.1) is 0 Å². The van der Waals surface area contributed by atoms with Gasteiger partial charge in [-0.1, -0.05) is 0 Å². The van der Waals surface area contributed by atoms with E-state index in [-0.39, 0.29) is 24.0 Å². The van der Waals surface area contributed by atoms with E-state index >= 15 is 0 Å². The van der Waals surface area contributed by atoms with Crippen LogP contribution in [0.3, 0.4) is 0 Å². The third-order valence-electron chi connectivity index (χ3n) is 5.83. The number of fused-ring (bicyclic) bond motifs is 1. The van der Waals surface area contributed by atoms with Crippen LogP contribution in [0.25, 0.3) is 0 Å². The van der Waals surface area contributed by atoms with Gasteiger partial charge in [-0.25, -0.2) is 4.79 Å². The van der Waals surface area contributed by atoms with Gasteiger partial charge in [0, 0.05) is 44.1 Å². The van der Waals surface area contributed by atoms with Gasteiger partial charge in [-0.15, -0.1) is 0 Å². The maximum absolute atomic E-state index is 12.6. The fourth-order valence-electron chi connectivity index (χ4n) is 4.37. The highest BCUT2D eigenvalue weighted by atomic mass is 16.2. The fourth-order valence-corrected chi connectivity index (χ4v) is 4.37. The van der Waals surface area contributed by atoms with Crippen molar-refractivity contribution in [2.75, 3.05) is 19.6 Å². The van der Waals surface area contributed by atoms with E-state index in [1.807, 2.05) is 12.4 Å². The van der Waals surface area contributed by atoms with Crippen LogP contribution >= 0.6 is 0 Å². The lowest BCUT2D eigenvalue weighted by molar-refractivity contribution is -0.130. The lowest BCUT2D eigenvalue weighted by atomic mass is 9.99. The second-order valence-electron chi connectivity index (χ2n) is 7.07. The molecule has 4 rings (SSSR count). The lowest BCUT2D eigenvalue weighted by Crippen LogP contribution is -2.48. The predicted octanol–water partition coefficient (Wildman–Crippen LogP) is 2.03. The average molecular weight is 328 g/mol. The van der Waals surface area contributed by atoms with Crippen LogP contribution < -0.4 is 0 Å². The van der Waals surface area contributed by atoms with Crippen LogP contribution in [0.4, 0.5) is 4.79 Å². The maximum Gasteiger partial charge on any atom is 0.327 e. The topological polar surface area (TPSA) is 56.8 Å². The van der Waals surface area contributed by atoms with Gasteiger partial charge in [0.1, 0.15) is 6.04 Å². The van der Waals surface area contributed by atoms with Crippen LogP contribution in [-0.4, -0.2) is 63.3 Å². The standard InChI is InChI=1S/C18H24N4O2/c1-13(14-4-8-19-9-5-14)20-11-6-15(7-12-20)22-17(23)16-3-2-10-21(16)18(22)24/h4-5,8-9,13,15-16H,2-3,6-7,10-12H2,1H3/t13-,16+/m0/s1. The molecule has 0 spiro atoms. The monoisotopic (exact) mass is 328 g/mol. The summed E-state index contributed by atoms with van der Waals surface area (Å²) in [5.74, 6) is 0.0399. The van der Waals surface area contributed by atoms with Gasteiger partial charge >= 0.3 is 6.03 Å². The van der Waals surface area contributed by atoms with Crippen molar-refractivity contribution in [3.05, 3.63) is 30.1 Å². The normalized spacial score (nSPS) is 27.0. The van der Waals surface area contributed by atoms with Crippen molar-refractivity contribution >= 4 is 11.9 Å². The second kappa shape index (κ2) is 6.16. The Morgan fingerprint density at radius 1 is 1.08 bits per heavy atom. The Bertz CT molecular complexity index is 605. The molecule has 0 aliphatic carbocycles. The Morgan fingerprint density at radius 2 is 1.79 bits per heavy atom. The molecular formula is C18H24N4O2. The van der Waals surface area contributed by atoms with Crippen molar-refractivity contribution in [3.8, 4) is 0 Å². The number of amides is 3. The highest BCUT2D eigenvalue weighted by Gasteiger charge is 2.50. The Balaban J connectivity index is 1.40. The zero-order valence-electron chi connectivity index (χ0n) is 14.1. The molecule has 3 fully saturated rings. The molecule has 1 aromatic heterocycles. The summed E-state index contributed by atoms with van der Waals surface area (Å²) in [7, 11) is 0. The molecule has 4 heterocycles. The predicted molar refractivity (Wildman–Crippen MR) is 89.2 cm³/mol. The first-order valence-corrected chi connectivity index (χ1v) is 8.94. The quantitative estimate of drug-likeness (QED) is 0.797. The van der Waals surface area contributed by atoms with Gasteiger partial charge in [-0.05, 0) is 50.3 Å². The smallest absolute Gasteiger partial charge is 0.312 e. The molecule has 0 aromatic carbocycles. The zero-order valence-corrected chi connectivity index (χ0v) is 14.1. The summed E-state index contributed by atoms with van der Waals surface area (Å²) in [6.07, 6.45) is 7.18. The van der Waals surface area contributed by atoms with Crippen molar-refractivity contribution in [2.24, 2.45) is 0 Å². The molecule has 3 amide bonds. The summed E-state index contributed by atoms with van der Waals surface area (Å²) in [5, 5.41) is 0. The molecule has 0 saturated carbocycles. The summed E-state index contributed by atoms with van der Waals surface area (Å²) in [6, 6.07) is 4.28. The number of aromatic nitrogens is 1. The van der Waals surface area contributed by atoms with E-state index in [0.29, 0.717) is 6.04 Å². The van der Waals surface area contributed by atoms with Crippen LogP contribution in [0.5, 0.6) is 0 Å². The molecule has 0 radical (unpaired) electrons. The van der Waals surface area contributed by atoms with Crippen LogP contribution in [0, 0.1) is 0 Å². The molecular weight excluding hydrogens is 304 g/mol.